The maximum absolute atomic E-state index is 10.8. The van der Waals surface area contributed by atoms with Gasteiger partial charge in [-0.25, -0.2) is 0 Å². The van der Waals surface area contributed by atoms with Gasteiger partial charge in [0.25, 0.3) is 0 Å². The molecule has 2 nitrogen and oxygen atoms in total. The molecule has 4 bridgehead atoms. The van der Waals surface area contributed by atoms with Crippen molar-refractivity contribution in [2.75, 3.05) is 6.61 Å². The van der Waals surface area contributed by atoms with Crippen LogP contribution in [0, 0.1) is 23.2 Å². The zero-order valence-electron chi connectivity index (χ0n) is 12.7. The first-order chi connectivity index (χ1) is 10.2. The molecule has 5 rings (SSSR count). The van der Waals surface area contributed by atoms with E-state index >= 15 is 0 Å². The maximum atomic E-state index is 10.8. The Morgan fingerprint density at radius 2 is 1.57 bits per heavy atom. The minimum absolute atomic E-state index is 0.186. The van der Waals surface area contributed by atoms with Crippen molar-refractivity contribution in [3.8, 4) is 0 Å². The molecule has 4 aliphatic carbocycles. The Balaban J connectivity index is 1.35. The Labute approximate surface area is 127 Å². The molecular weight excluding hydrogens is 260 g/mol. The summed E-state index contributed by atoms with van der Waals surface area (Å²) in [5, 5.41) is 10.8. The van der Waals surface area contributed by atoms with Crippen molar-refractivity contribution in [1.29, 1.82) is 0 Å². The van der Waals surface area contributed by atoms with Gasteiger partial charge in [-0.1, -0.05) is 30.3 Å². The van der Waals surface area contributed by atoms with Gasteiger partial charge < -0.3 is 9.84 Å². The van der Waals surface area contributed by atoms with Crippen LogP contribution in [0.1, 0.15) is 44.1 Å². The highest BCUT2D eigenvalue weighted by Gasteiger charge is 2.53. The quantitative estimate of drug-likeness (QED) is 0.892. The predicted octanol–water partition coefficient (Wildman–Crippen LogP) is 3.78. The Hall–Kier alpha value is -0.860. The maximum Gasteiger partial charge on any atom is 0.0830 e. The lowest BCUT2D eigenvalue weighted by molar-refractivity contribution is -0.141. The second kappa shape index (κ2) is 5.40. The summed E-state index contributed by atoms with van der Waals surface area (Å²) in [6.45, 7) is 1.12. The summed E-state index contributed by atoms with van der Waals surface area (Å²) in [5.41, 5.74) is 1.38. The van der Waals surface area contributed by atoms with Crippen molar-refractivity contribution in [2.45, 2.75) is 51.2 Å². The van der Waals surface area contributed by atoms with E-state index in [1.165, 1.54) is 44.1 Å². The Bertz CT molecular complexity index is 446. The number of benzene rings is 1. The predicted molar refractivity (Wildman–Crippen MR) is 82.7 cm³/mol. The van der Waals surface area contributed by atoms with Crippen LogP contribution in [0.15, 0.2) is 30.3 Å². The molecule has 0 aliphatic heterocycles. The second-order valence-corrected chi connectivity index (χ2v) is 7.80. The summed E-state index contributed by atoms with van der Waals surface area (Å²) < 4.78 is 5.82. The summed E-state index contributed by atoms with van der Waals surface area (Å²) in [7, 11) is 0. The number of ether oxygens (including phenoxy) is 1. The van der Waals surface area contributed by atoms with E-state index in [0.29, 0.717) is 13.2 Å². The standard InChI is InChI=1S/C19H26O2/c20-18(13-21-12-14-4-2-1-3-5-14)19-9-15-6-16(10-19)8-17(7-15)11-19/h1-5,15-18,20H,6-13H2. The van der Waals surface area contributed by atoms with Crippen molar-refractivity contribution < 1.29 is 9.84 Å². The molecule has 1 aromatic rings. The number of aliphatic hydroxyl groups is 1. The van der Waals surface area contributed by atoms with E-state index in [9.17, 15) is 5.11 Å². The molecule has 0 aromatic heterocycles. The summed E-state index contributed by atoms with van der Waals surface area (Å²) in [6.07, 6.45) is 7.75. The molecule has 1 atom stereocenters. The number of aliphatic hydroxyl groups excluding tert-OH is 1. The van der Waals surface area contributed by atoms with E-state index in [0.717, 1.165) is 17.8 Å². The van der Waals surface area contributed by atoms with Crippen LogP contribution in [0.4, 0.5) is 0 Å². The van der Waals surface area contributed by atoms with Crippen molar-refractivity contribution in [3.05, 3.63) is 35.9 Å². The molecule has 0 radical (unpaired) electrons. The van der Waals surface area contributed by atoms with E-state index in [2.05, 4.69) is 12.1 Å². The first kappa shape index (κ1) is 13.8. The normalized spacial score (nSPS) is 38.6. The largest absolute Gasteiger partial charge is 0.390 e. The van der Waals surface area contributed by atoms with Gasteiger partial charge in [0, 0.05) is 0 Å². The van der Waals surface area contributed by atoms with Crippen LogP contribution >= 0.6 is 0 Å². The van der Waals surface area contributed by atoms with Crippen LogP contribution in [0.25, 0.3) is 0 Å². The van der Waals surface area contributed by atoms with Gasteiger partial charge in [-0.3, -0.25) is 0 Å². The van der Waals surface area contributed by atoms with Gasteiger partial charge in [-0.05, 0) is 67.3 Å². The lowest BCUT2D eigenvalue weighted by atomic mass is 9.48. The van der Waals surface area contributed by atoms with Gasteiger partial charge in [-0.2, -0.15) is 0 Å². The minimum atomic E-state index is -0.269. The molecule has 4 fully saturated rings. The number of rotatable bonds is 5. The summed E-state index contributed by atoms with van der Waals surface area (Å²) >= 11 is 0. The Morgan fingerprint density at radius 3 is 2.14 bits per heavy atom. The highest BCUT2D eigenvalue weighted by atomic mass is 16.5. The van der Waals surface area contributed by atoms with Crippen molar-refractivity contribution in [3.63, 3.8) is 0 Å². The molecule has 1 aromatic carbocycles. The SMILES string of the molecule is OC(COCc1ccccc1)C12CC3CC(CC(C3)C1)C2. The van der Waals surface area contributed by atoms with E-state index < -0.39 is 0 Å². The lowest BCUT2D eigenvalue weighted by Crippen LogP contribution is -2.52. The Kier molecular flexibility index (Phi) is 3.55. The van der Waals surface area contributed by atoms with E-state index in [-0.39, 0.29) is 11.5 Å². The molecular formula is C19H26O2. The van der Waals surface area contributed by atoms with Crippen LogP contribution in [-0.2, 0) is 11.3 Å². The molecule has 114 valence electrons. The van der Waals surface area contributed by atoms with Gasteiger partial charge in [-0.15, -0.1) is 0 Å². The molecule has 21 heavy (non-hydrogen) atoms. The molecule has 2 heteroatoms. The molecule has 1 unspecified atom stereocenters. The highest BCUT2D eigenvalue weighted by molar-refractivity contribution is 5.13. The average Bonchev–Trinajstić information content (AvgIpc) is 2.47. The minimum Gasteiger partial charge on any atom is -0.390 e. The van der Waals surface area contributed by atoms with Crippen LogP contribution in [0.3, 0.4) is 0 Å². The number of hydrogen-bond acceptors (Lipinski definition) is 2. The summed E-state index contributed by atoms with van der Waals surface area (Å²) in [6, 6.07) is 10.3. The third-order valence-electron chi connectivity index (χ3n) is 6.18. The smallest absolute Gasteiger partial charge is 0.0830 e. The molecule has 4 aliphatic rings. The molecule has 1 N–H and O–H groups in total. The summed E-state index contributed by atoms with van der Waals surface area (Å²) in [4.78, 5) is 0. The average molecular weight is 286 g/mol. The van der Waals surface area contributed by atoms with Gasteiger partial charge in [0.2, 0.25) is 0 Å². The lowest BCUT2D eigenvalue weighted by Gasteiger charge is -2.58. The number of hydrogen-bond donors (Lipinski definition) is 1. The van der Waals surface area contributed by atoms with Gasteiger partial charge in [0.15, 0.2) is 0 Å². The third kappa shape index (κ3) is 2.64. The van der Waals surface area contributed by atoms with Crippen LogP contribution in [0.5, 0.6) is 0 Å². The molecule has 0 heterocycles. The van der Waals surface area contributed by atoms with E-state index in [1.807, 2.05) is 18.2 Å². The monoisotopic (exact) mass is 286 g/mol. The molecule has 0 amide bonds. The first-order valence-electron chi connectivity index (χ1n) is 8.53. The highest BCUT2D eigenvalue weighted by Crippen LogP contribution is 2.61. The van der Waals surface area contributed by atoms with Crippen molar-refractivity contribution in [2.24, 2.45) is 23.2 Å². The van der Waals surface area contributed by atoms with E-state index in [1.54, 1.807) is 0 Å². The first-order valence-corrected chi connectivity index (χ1v) is 8.53. The van der Waals surface area contributed by atoms with Crippen molar-refractivity contribution >= 4 is 0 Å². The fourth-order valence-electron chi connectivity index (χ4n) is 5.63. The zero-order valence-corrected chi connectivity index (χ0v) is 12.7. The zero-order chi connectivity index (χ0) is 14.3. The molecule has 0 spiro atoms. The van der Waals surface area contributed by atoms with Crippen molar-refractivity contribution in [1.82, 2.24) is 0 Å². The fourth-order valence-corrected chi connectivity index (χ4v) is 5.63. The van der Waals surface area contributed by atoms with Gasteiger partial charge >= 0.3 is 0 Å². The molecule has 0 saturated heterocycles. The van der Waals surface area contributed by atoms with Gasteiger partial charge in [0.05, 0.1) is 19.3 Å². The Morgan fingerprint density at radius 1 is 1.00 bits per heavy atom. The van der Waals surface area contributed by atoms with Gasteiger partial charge in [0.1, 0.15) is 0 Å². The van der Waals surface area contributed by atoms with E-state index in [4.69, 9.17) is 4.74 Å². The molecule has 4 saturated carbocycles. The second-order valence-electron chi connectivity index (χ2n) is 7.80. The topological polar surface area (TPSA) is 29.5 Å². The third-order valence-corrected chi connectivity index (χ3v) is 6.18. The van der Waals surface area contributed by atoms with Crippen LogP contribution < -0.4 is 0 Å². The van der Waals surface area contributed by atoms with Crippen LogP contribution in [-0.4, -0.2) is 17.8 Å². The van der Waals surface area contributed by atoms with Crippen LogP contribution in [0.2, 0.25) is 0 Å². The summed E-state index contributed by atoms with van der Waals surface area (Å²) in [5.74, 6) is 2.67. The fraction of sp³-hybridized carbons (Fsp3) is 0.684.